The summed E-state index contributed by atoms with van der Waals surface area (Å²) in [5.74, 6) is -1.20. The number of esters is 1. The Morgan fingerprint density at radius 3 is 2.81 bits per heavy atom. The number of cyclic esters (lactones) is 1. The molecule has 84 valence electrons. The second kappa shape index (κ2) is 4.26. The summed E-state index contributed by atoms with van der Waals surface area (Å²) in [5, 5.41) is 0.597. The van der Waals surface area contributed by atoms with Gasteiger partial charge in [0.1, 0.15) is 17.8 Å². The lowest BCUT2D eigenvalue weighted by Crippen LogP contribution is -2.15. The minimum atomic E-state index is -0.621. The van der Waals surface area contributed by atoms with Crippen LogP contribution in [0, 0.1) is 5.92 Å². The van der Waals surface area contributed by atoms with Crippen LogP contribution >= 0.6 is 11.6 Å². The van der Waals surface area contributed by atoms with E-state index in [-0.39, 0.29) is 11.9 Å². The van der Waals surface area contributed by atoms with E-state index in [1.807, 2.05) is 6.07 Å². The molecular formula is C12H11ClO3. The molecule has 1 fully saturated rings. The lowest BCUT2D eigenvalue weighted by molar-refractivity contribution is -0.146. The van der Waals surface area contributed by atoms with Crippen molar-refractivity contribution in [2.24, 2.45) is 5.92 Å². The molecule has 0 N–H and O–H groups in total. The van der Waals surface area contributed by atoms with Crippen molar-refractivity contribution >= 4 is 23.4 Å². The first-order valence-corrected chi connectivity index (χ1v) is 5.42. The molecule has 4 heteroatoms. The molecule has 2 unspecified atom stereocenters. The Labute approximate surface area is 98.4 Å². The maximum Gasteiger partial charge on any atom is 0.317 e. The predicted molar refractivity (Wildman–Crippen MR) is 59.1 cm³/mol. The highest BCUT2D eigenvalue weighted by Gasteiger charge is 2.38. The number of carbonyl (C=O) groups is 2. The van der Waals surface area contributed by atoms with Crippen LogP contribution in [0.4, 0.5) is 0 Å². The van der Waals surface area contributed by atoms with Crippen LogP contribution in [0.1, 0.15) is 25.0 Å². The van der Waals surface area contributed by atoms with E-state index in [9.17, 15) is 9.59 Å². The number of ketones is 1. The third-order valence-corrected chi connectivity index (χ3v) is 2.94. The summed E-state index contributed by atoms with van der Waals surface area (Å²) in [6.07, 6.45) is 0.0641. The van der Waals surface area contributed by atoms with Crippen LogP contribution in [0.3, 0.4) is 0 Å². The first-order chi connectivity index (χ1) is 7.58. The largest absolute Gasteiger partial charge is 0.457 e. The topological polar surface area (TPSA) is 43.4 Å². The standard InChI is InChI=1S/C12H11ClO3/c1-7(14)10-6-11(16-12(10)15)8-3-2-4-9(13)5-8/h2-5,10-11H,6H2,1H3. The van der Waals surface area contributed by atoms with Crippen molar-refractivity contribution in [3.63, 3.8) is 0 Å². The number of hydrogen-bond donors (Lipinski definition) is 0. The third-order valence-electron chi connectivity index (χ3n) is 2.70. The van der Waals surface area contributed by atoms with Crippen molar-refractivity contribution < 1.29 is 14.3 Å². The average molecular weight is 239 g/mol. The number of rotatable bonds is 2. The summed E-state index contributed by atoms with van der Waals surface area (Å²) in [6.45, 7) is 1.41. The fraction of sp³-hybridized carbons (Fsp3) is 0.333. The van der Waals surface area contributed by atoms with Gasteiger partial charge in [0.25, 0.3) is 0 Å². The molecular weight excluding hydrogens is 228 g/mol. The molecule has 1 aromatic carbocycles. The predicted octanol–water partition coefficient (Wildman–Crippen LogP) is 2.53. The van der Waals surface area contributed by atoms with Gasteiger partial charge < -0.3 is 4.74 Å². The molecule has 0 aliphatic carbocycles. The van der Waals surface area contributed by atoms with E-state index in [0.29, 0.717) is 11.4 Å². The minimum Gasteiger partial charge on any atom is -0.457 e. The maximum atomic E-state index is 11.4. The van der Waals surface area contributed by atoms with Gasteiger partial charge in [-0.15, -0.1) is 0 Å². The van der Waals surface area contributed by atoms with Crippen LogP contribution in [-0.2, 0) is 14.3 Å². The number of ether oxygens (including phenoxy) is 1. The van der Waals surface area contributed by atoms with Gasteiger partial charge in [-0.2, -0.15) is 0 Å². The van der Waals surface area contributed by atoms with Gasteiger partial charge in [-0.1, -0.05) is 23.7 Å². The zero-order chi connectivity index (χ0) is 11.7. The van der Waals surface area contributed by atoms with Crippen LogP contribution in [0.2, 0.25) is 5.02 Å². The highest BCUT2D eigenvalue weighted by Crippen LogP contribution is 2.34. The van der Waals surface area contributed by atoms with Gasteiger partial charge in [-0.05, 0) is 24.6 Å². The monoisotopic (exact) mass is 238 g/mol. The lowest BCUT2D eigenvalue weighted by Gasteiger charge is -2.08. The van der Waals surface area contributed by atoms with Crippen LogP contribution in [0.15, 0.2) is 24.3 Å². The van der Waals surface area contributed by atoms with E-state index in [1.54, 1.807) is 18.2 Å². The van der Waals surface area contributed by atoms with E-state index in [2.05, 4.69) is 0 Å². The highest BCUT2D eigenvalue weighted by molar-refractivity contribution is 6.30. The molecule has 0 aromatic heterocycles. The molecule has 0 spiro atoms. The van der Waals surface area contributed by atoms with E-state index in [1.165, 1.54) is 6.92 Å². The molecule has 16 heavy (non-hydrogen) atoms. The molecule has 1 aliphatic rings. The zero-order valence-corrected chi connectivity index (χ0v) is 9.53. The van der Waals surface area contributed by atoms with Gasteiger partial charge in [0, 0.05) is 11.4 Å². The Hall–Kier alpha value is -1.35. The Bertz CT molecular complexity index is 442. The Balaban J connectivity index is 2.20. The molecule has 1 aromatic rings. The summed E-state index contributed by atoms with van der Waals surface area (Å²) in [4.78, 5) is 22.6. The van der Waals surface area contributed by atoms with E-state index < -0.39 is 11.9 Å². The van der Waals surface area contributed by atoms with Crippen molar-refractivity contribution in [1.29, 1.82) is 0 Å². The molecule has 2 atom stereocenters. The molecule has 1 aliphatic heterocycles. The Morgan fingerprint density at radius 1 is 1.50 bits per heavy atom. The van der Waals surface area contributed by atoms with Crippen LogP contribution in [0.25, 0.3) is 0 Å². The molecule has 3 nitrogen and oxygen atoms in total. The molecule has 0 saturated carbocycles. The van der Waals surface area contributed by atoms with Gasteiger partial charge in [0.15, 0.2) is 0 Å². The maximum absolute atomic E-state index is 11.4. The first-order valence-electron chi connectivity index (χ1n) is 5.04. The van der Waals surface area contributed by atoms with Crippen LogP contribution < -0.4 is 0 Å². The van der Waals surface area contributed by atoms with Gasteiger partial charge >= 0.3 is 5.97 Å². The number of carbonyl (C=O) groups excluding carboxylic acids is 2. The molecule has 1 heterocycles. The van der Waals surface area contributed by atoms with Gasteiger partial charge in [0.05, 0.1) is 0 Å². The lowest BCUT2D eigenvalue weighted by atomic mass is 9.97. The molecule has 0 radical (unpaired) electrons. The zero-order valence-electron chi connectivity index (χ0n) is 8.77. The summed E-state index contributed by atoms with van der Waals surface area (Å²) >= 11 is 5.85. The Morgan fingerprint density at radius 2 is 2.25 bits per heavy atom. The van der Waals surface area contributed by atoms with Crippen LogP contribution in [0.5, 0.6) is 0 Å². The van der Waals surface area contributed by atoms with Crippen molar-refractivity contribution in [3.05, 3.63) is 34.9 Å². The second-order valence-electron chi connectivity index (χ2n) is 3.88. The van der Waals surface area contributed by atoms with Crippen molar-refractivity contribution in [2.45, 2.75) is 19.4 Å². The molecule has 0 bridgehead atoms. The quantitative estimate of drug-likeness (QED) is 0.587. The minimum absolute atomic E-state index is 0.144. The normalized spacial score (nSPS) is 24.2. The smallest absolute Gasteiger partial charge is 0.317 e. The van der Waals surface area contributed by atoms with E-state index in [4.69, 9.17) is 16.3 Å². The molecule has 2 rings (SSSR count). The summed E-state index contributed by atoms with van der Waals surface area (Å²) < 4.78 is 5.16. The number of benzene rings is 1. The van der Waals surface area contributed by atoms with Crippen molar-refractivity contribution in [1.82, 2.24) is 0 Å². The fourth-order valence-electron chi connectivity index (χ4n) is 1.82. The molecule has 0 amide bonds. The highest BCUT2D eigenvalue weighted by atomic mass is 35.5. The van der Waals surface area contributed by atoms with Crippen molar-refractivity contribution in [2.75, 3.05) is 0 Å². The third kappa shape index (κ3) is 2.09. The summed E-state index contributed by atoms with van der Waals surface area (Å²) in [5.41, 5.74) is 0.838. The van der Waals surface area contributed by atoms with Crippen molar-refractivity contribution in [3.8, 4) is 0 Å². The summed E-state index contributed by atoms with van der Waals surface area (Å²) in [7, 11) is 0. The van der Waals surface area contributed by atoms with Gasteiger partial charge in [-0.25, -0.2) is 0 Å². The number of halogens is 1. The number of Topliss-reactive ketones (excluding diaryl/α,β-unsaturated/α-hetero) is 1. The number of hydrogen-bond acceptors (Lipinski definition) is 3. The first kappa shape index (κ1) is 11.1. The molecule has 1 saturated heterocycles. The van der Waals surface area contributed by atoms with Gasteiger partial charge in [-0.3, -0.25) is 9.59 Å². The SMILES string of the molecule is CC(=O)C1CC(c2cccc(Cl)c2)OC1=O. The summed E-state index contributed by atoms with van der Waals surface area (Å²) in [6, 6.07) is 7.14. The average Bonchev–Trinajstić information content (AvgIpc) is 2.60. The van der Waals surface area contributed by atoms with E-state index >= 15 is 0 Å². The second-order valence-corrected chi connectivity index (χ2v) is 4.32. The fourth-order valence-corrected chi connectivity index (χ4v) is 2.02. The Kier molecular flexibility index (Phi) is 2.97. The van der Waals surface area contributed by atoms with E-state index in [0.717, 1.165) is 5.56 Å². The van der Waals surface area contributed by atoms with Crippen LogP contribution in [-0.4, -0.2) is 11.8 Å². The van der Waals surface area contributed by atoms with Gasteiger partial charge in [0.2, 0.25) is 0 Å².